The summed E-state index contributed by atoms with van der Waals surface area (Å²) in [4.78, 5) is 20.2. The number of carbonyl (C=O) groups is 1. The van der Waals surface area contributed by atoms with Crippen LogP contribution in [0.3, 0.4) is 0 Å². The fourth-order valence-corrected chi connectivity index (χ4v) is 2.04. The molecule has 20 heavy (non-hydrogen) atoms. The fourth-order valence-electron chi connectivity index (χ4n) is 1.48. The van der Waals surface area contributed by atoms with Crippen molar-refractivity contribution < 1.29 is 9.90 Å². The molecule has 0 bridgehead atoms. The zero-order valence-corrected chi connectivity index (χ0v) is 11.5. The quantitative estimate of drug-likeness (QED) is 0.829. The highest BCUT2D eigenvalue weighted by atomic mass is 32.1. The summed E-state index contributed by atoms with van der Waals surface area (Å²) in [5.41, 5.74) is 0.840. The van der Waals surface area contributed by atoms with Gasteiger partial charge in [0, 0.05) is 24.2 Å². The predicted molar refractivity (Wildman–Crippen MR) is 76.1 cm³/mol. The van der Waals surface area contributed by atoms with Crippen LogP contribution in [0.25, 0.3) is 0 Å². The van der Waals surface area contributed by atoms with Crippen molar-refractivity contribution in [1.29, 1.82) is 0 Å². The molecule has 0 fully saturated rings. The van der Waals surface area contributed by atoms with E-state index in [1.165, 1.54) is 11.3 Å². The lowest BCUT2D eigenvalue weighted by Crippen LogP contribution is -2.24. The summed E-state index contributed by atoms with van der Waals surface area (Å²) >= 11 is 1.48. The number of aromatic nitrogens is 2. The lowest BCUT2D eigenvalue weighted by atomic mass is 10.2. The van der Waals surface area contributed by atoms with Crippen molar-refractivity contribution in [3.8, 4) is 11.8 Å². The molecular formula is C14H13N3O2S. The molecule has 0 aliphatic carbocycles. The van der Waals surface area contributed by atoms with Crippen molar-refractivity contribution in [3.05, 3.63) is 46.2 Å². The molecule has 0 unspecified atom stereocenters. The van der Waals surface area contributed by atoms with Gasteiger partial charge in [-0.05, 0) is 12.1 Å². The van der Waals surface area contributed by atoms with Gasteiger partial charge >= 0.3 is 0 Å². The van der Waals surface area contributed by atoms with Crippen LogP contribution in [0.1, 0.15) is 27.5 Å². The second kappa shape index (κ2) is 7.38. The minimum absolute atomic E-state index is 0.00115. The second-order valence-corrected chi connectivity index (χ2v) is 4.76. The number of amides is 1. The van der Waals surface area contributed by atoms with Crippen molar-refractivity contribution in [2.75, 3.05) is 6.61 Å². The Labute approximate surface area is 120 Å². The summed E-state index contributed by atoms with van der Waals surface area (Å²) in [5.74, 6) is 5.34. The summed E-state index contributed by atoms with van der Waals surface area (Å²) in [6.07, 6.45) is 3.61. The molecule has 1 amide bonds. The Balaban J connectivity index is 2.07. The van der Waals surface area contributed by atoms with E-state index in [4.69, 9.17) is 5.11 Å². The summed E-state index contributed by atoms with van der Waals surface area (Å²) in [6, 6.07) is 3.45. The van der Waals surface area contributed by atoms with Crippen LogP contribution in [-0.2, 0) is 6.54 Å². The van der Waals surface area contributed by atoms with Crippen molar-refractivity contribution in [2.24, 2.45) is 0 Å². The lowest BCUT2D eigenvalue weighted by molar-refractivity contribution is 0.0945. The van der Waals surface area contributed by atoms with Crippen LogP contribution in [0.2, 0.25) is 0 Å². The van der Waals surface area contributed by atoms with Gasteiger partial charge in [0.1, 0.15) is 10.7 Å². The van der Waals surface area contributed by atoms with E-state index in [-0.39, 0.29) is 18.2 Å². The zero-order valence-electron chi connectivity index (χ0n) is 10.7. The molecule has 2 aromatic rings. The maximum Gasteiger partial charge on any atom is 0.271 e. The standard InChI is InChI=1S/C14H13N3O2S/c18-8-2-1-4-11-5-3-6-16-13(11)14(19)17-10-12-15-7-9-20-12/h3,5-7,9,18H,2,8,10H2,(H,17,19). The van der Waals surface area contributed by atoms with E-state index >= 15 is 0 Å². The average molecular weight is 287 g/mol. The molecule has 0 aliphatic heterocycles. The molecule has 6 heteroatoms. The lowest BCUT2D eigenvalue weighted by Gasteiger charge is -2.04. The molecule has 2 aromatic heterocycles. The van der Waals surface area contributed by atoms with Gasteiger partial charge in [-0.3, -0.25) is 4.79 Å². The molecule has 102 valence electrons. The number of carbonyl (C=O) groups excluding carboxylic acids is 1. The number of thiazole rings is 1. The van der Waals surface area contributed by atoms with Gasteiger partial charge in [0.25, 0.3) is 5.91 Å². The maximum atomic E-state index is 12.1. The van der Waals surface area contributed by atoms with Gasteiger partial charge in [0.2, 0.25) is 0 Å². The molecule has 2 heterocycles. The molecule has 0 saturated carbocycles. The summed E-state index contributed by atoms with van der Waals surface area (Å²) in [6.45, 7) is 0.370. The monoisotopic (exact) mass is 287 g/mol. The number of nitrogens with one attached hydrogen (secondary N) is 1. The molecule has 0 aromatic carbocycles. The van der Waals surface area contributed by atoms with Gasteiger partial charge in [0.05, 0.1) is 18.7 Å². The van der Waals surface area contributed by atoms with Gasteiger partial charge in [-0.1, -0.05) is 11.8 Å². The Morgan fingerprint density at radius 2 is 2.30 bits per heavy atom. The third kappa shape index (κ3) is 3.88. The smallest absolute Gasteiger partial charge is 0.271 e. The van der Waals surface area contributed by atoms with Gasteiger partial charge in [-0.2, -0.15) is 0 Å². The summed E-state index contributed by atoms with van der Waals surface area (Å²) in [5, 5.41) is 14.2. The highest BCUT2D eigenvalue weighted by Crippen LogP contribution is 2.06. The second-order valence-electron chi connectivity index (χ2n) is 3.78. The molecule has 0 aliphatic rings. The topological polar surface area (TPSA) is 75.1 Å². The third-order valence-corrected chi connectivity index (χ3v) is 3.15. The zero-order chi connectivity index (χ0) is 14.2. The number of aliphatic hydroxyl groups excluding tert-OH is 1. The molecule has 0 atom stereocenters. The van der Waals surface area contributed by atoms with E-state index in [1.54, 1.807) is 24.5 Å². The first-order valence-electron chi connectivity index (χ1n) is 6.02. The SMILES string of the molecule is O=C(NCc1nccs1)c1ncccc1C#CCCO. The van der Waals surface area contributed by atoms with Crippen LogP contribution < -0.4 is 5.32 Å². The van der Waals surface area contributed by atoms with E-state index in [0.29, 0.717) is 18.5 Å². The van der Waals surface area contributed by atoms with Gasteiger partial charge in [0.15, 0.2) is 0 Å². The Morgan fingerprint density at radius 3 is 3.05 bits per heavy atom. The van der Waals surface area contributed by atoms with Crippen LogP contribution >= 0.6 is 11.3 Å². The minimum Gasteiger partial charge on any atom is -0.395 e. The van der Waals surface area contributed by atoms with Gasteiger partial charge < -0.3 is 10.4 Å². The fraction of sp³-hybridized carbons (Fsp3) is 0.214. The highest BCUT2D eigenvalue weighted by molar-refractivity contribution is 7.09. The van der Waals surface area contributed by atoms with Crippen LogP contribution in [-0.4, -0.2) is 27.6 Å². The Bertz CT molecular complexity index is 629. The van der Waals surface area contributed by atoms with Crippen molar-refractivity contribution in [2.45, 2.75) is 13.0 Å². The number of aliphatic hydroxyl groups is 1. The molecule has 2 rings (SSSR count). The molecule has 0 saturated heterocycles. The Morgan fingerprint density at radius 1 is 1.40 bits per heavy atom. The van der Waals surface area contributed by atoms with E-state index in [2.05, 4.69) is 27.1 Å². The van der Waals surface area contributed by atoms with Crippen molar-refractivity contribution in [3.63, 3.8) is 0 Å². The maximum absolute atomic E-state index is 12.1. The van der Waals surface area contributed by atoms with Crippen LogP contribution in [0, 0.1) is 11.8 Å². The predicted octanol–water partition coefficient (Wildman–Crippen LogP) is 1.20. The van der Waals surface area contributed by atoms with Crippen LogP contribution in [0.4, 0.5) is 0 Å². The van der Waals surface area contributed by atoms with E-state index in [1.807, 2.05) is 5.38 Å². The number of nitrogens with zero attached hydrogens (tertiary/aromatic N) is 2. The van der Waals surface area contributed by atoms with Gasteiger partial charge in [-0.25, -0.2) is 9.97 Å². The molecule has 2 N–H and O–H groups in total. The van der Waals surface area contributed by atoms with Crippen molar-refractivity contribution >= 4 is 17.2 Å². The molecule has 0 spiro atoms. The number of rotatable bonds is 4. The first-order valence-corrected chi connectivity index (χ1v) is 6.90. The minimum atomic E-state index is -0.283. The first-order chi connectivity index (χ1) is 9.81. The highest BCUT2D eigenvalue weighted by Gasteiger charge is 2.11. The largest absolute Gasteiger partial charge is 0.395 e. The molecular weight excluding hydrogens is 274 g/mol. The summed E-state index contributed by atoms with van der Waals surface area (Å²) < 4.78 is 0. The third-order valence-electron chi connectivity index (χ3n) is 2.37. The Hall–Kier alpha value is -2.23. The molecule has 0 radical (unpaired) electrons. The van der Waals surface area contributed by atoms with E-state index < -0.39 is 0 Å². The first kappa shape index (κ1) is 14.2. The number of hydrogen-bond acceptors (Lipinski definition) is 5. The average Bonchev–Trinajstić information content (AvgIpc) is 2.99. The molecule has 5 nitrogen and oxygen atoms in total. The van der Waals surface area contributed by atoms with Crippen molar-refractivity contribution in [1.82, 2.24) is 15.3 Å². The van der Waals surface area contributed by atoms with Crippen LogP contribution in [0.5, 0.6) is 0 Å². The summed E-state index contributed by atoms with van der Waals surface area (Å²) in [7, 11) is 0. The normalized spacial score (nSPS) is 9.65. The Kier molecular flexibility index (Phi) is 5.24. The number of hydrogen-bond donors (Lipinski definition) is 2. The van der Waals surface area contributed by atoms with Crippen LogP contribution in [0.15, 0.2) is 29.9 Å². The number of pyridine rings is 1. The van der Waals surface area contributed by atoms with Gasteiger partial charge in [-0.15, -0.1) is 11.3 Å². The van der Waals surface area contributed by atoms with E-state index in [0.717, 1.165) is 5.01 Å². The van der Waals surface area contributed by atoms with E-state index in [9.17, 15) is 4.79 Å².